The first-order valence-corrected chi connectivity index (χ1v) is 11.5. The first kappa shape index (κ1) is 21.5. The minimum Gasteiger partial charge on any atom is -0.458 e. The molecular weight excluding hydrogens is 409 g/mol. The van der Waals surface area contributed by atoms with Crippen molar-refractivity contribution in [3.63, 3.8) is 0 Å². The maximum atomic E-state index is 5.91. The molecule has 1 aliphatic heterocycles. The number of piperidine rings is 1. The van der Waals surface area contributed by atoms with Gasteiger partial charge in [0.15, 0.2) is 13.6 Å². The van der Waals surface area contributed by atoms with E-state index in [-0.39, 0.29) is 0 Å². The average molecular weight is 437 g/mol. The van der Waals surface area contributed by atoms with Gasteiger partial charge in [-0.15, -0.1) is 6.42 Å². The number of hydrogen-bond acceptors (Lipinski definition) is 5. The summed E-state index contributed by atoms with van der Waals surface area (Å²) < 4.78 is 8.05. The van der Waals surface area contributed by atoms with Crippen LogP contribution in [0.4, 0.5) is 0 Å². The van der Waals surface area contributed by atoms with Crippen molar-refractivity contribution in [3.8, 4) is 29.4 Å². The van der Waals surface area contributed by atoms with Gasteiger partial charge in [-0.05, 0) is 93.6 Å². The van der Waals surface area contributed by atoms with E-state index in [1.54, 1.807) is 18.5 Å². The third-order valence-electron chi connectivity index (χ3n) is 7.09. The lowest BCUT2D eigenvalue weighted by molar-refractivity contribution is 0.00834. The lowest BCUT2D eigenvalue weighted by Crippen LogP contribution is -2.47. The maximum absolute atomic E-state index is 5.91. The summed E-state index contributed by atoms with van der Waals surface area (Å²) in [5.74, 6) is 3.93. The van der Waals surface area contributed by atoms with Crippen molar-refractivity contribution < 1.29 is 4.74 Å². The van der Waals surface area contributed by atoms with Gasteiger partial charge in [-0.1, -0.05) is 5.92 Å². The molecule has 3 aromatic rings. The molecule has 2 aromatic heterocycles. The molecule has 1 spiro atoms. The summed E-state index contributed by atoms with van der Waals surface area (Å²) in [5, 5.41) is 6.03. The molecule has 0 amide bonds. The van der Waals surface area contributed by atoms with Crippen LogP contribution < -0.4 is 4.74 Å². The summed E-state index contributed by atoms with van der Waals surface area (Å²) >= 11 is 0. The molecule has 2 aliphatic rings. The Kier molecular flexibility index (Phi) is 5.78. The number of aromatic nitrogens is 4. The molecule has 0 N–H and O–H groups in total. The highest BCUT2D eigenvalue weighted by molar-refractivity contribution is 6.04. The van der Waals surface area contributed by atoms with Crippen LogP contribution in [0.25, 0.3) is 22.3 Å². The Hall–Kier alpha value is -3.37. The van der Waals surface area contributed by atoms with E-state index in [1.807, 2.05) is 43.5 Å². The minimum absolute atomic E-state index is 0.405. The summed E-state index contributed by atoms with van der Waals surface area (Å²) in [7, 11) is 2.22. The van der Waals surface area contributed by atoms with E-state index in [9.17, 15) is 0 Å². The Bertz CT molecular complexity index is 1240. The van der Waals surface area contributed by atoms with E-state index >= 15 is 0 Å². The largest absolute Gasteiger partial charge is 0.458 e. The SMILES string of the molecule is BN1CCC2(CC1)CC(n1nc(-c3ccc(OC(/C=C\C#C)=C/C)cc3)c3cncnc31)C2. The van der Waals surface area contributed by atoms with Crippen molar-refractivity contribution in [2.75, 3.05) is 13.1 Å². The van der Waals surface area contributed by atoms with Gasteiger partial charge in [-0.3, -0.25) is 0 Å². The van der Waals surface area contributed by atoms with Gasteiger partial charge < -0.3 is 9.55 Å². The number of ether oxygens (including phenoxy) is 1. The summed E-state index contributed by atoms with van der Waals surface area (Å²) in [6, 6.07) is 8.38. The van der Waals surface area contributed by atoms with E-state index in [1.165, 1.54) is 38.8 Å². The number of terminal acetylenes is 1. The summed E-state index contributed by atoms with van der Waals surface area (Å²) in [4.78, 5) is 11.3. The van der Waals surface area contributed by atoms with Gasteiger partial charge in [-0.25, -0.2) is 14.6 Å². The molecule has 1 saturated heterocycles. The fraction of sp³-hybridized carbons (Fsp3) is 0.346. The average Bonchev–Trinajstić information content (AvgIpc) is 3.21. The Labute approximate surface area is 195 Å². The Balaban J connectivity index is 1.39. The molecule has 5 rings (SSSR count). The van der Waals surface area contributed by atoms with Gasteiger partial charge in [0.25, 0.3) is 0 Å². The fourth-order valence-electron chi connectivity index (χ4n) is 5.10. The van der Waals surface area contributed by atoms with Crippen molar-refractivity contribution in [1.82, 2.24) is 24.6 Å². The second-order valence-corrected chi connectivity index (χ2v) is 9.24. The number of benzene rings is 1. The molecule has 1 aliphatic carbocycles. The third-order valence-corrected chi connectivity index (χ3v) is 7.09. The molecule has 0 atom stereocenters. The van der Waals surface area contributed by atoms with Gasteiger partial charge in [0.05, 0.1) is 11.4 Å². The second kappa shape index (κ2) is 8.88. The van der Waals surface area contributed by atoms with Gasteiger partial charge in [-0.2, -0.15) is 5.10 Å². The van der Waals surface area contributed by atoms with E-state index in [2.05, 4.69) is 33.4 Å². The van der Waals surface area contributed by atoms with E-state index < -0.39 is 0 Å². The topological polar surface area (TPSA) is 56.1 Å². The van der Waals surface area contributed by atoms with Crippen LogP contribution >= 0.6 is 0 Å². The van der Waals surface area contributed by atoms with Gasteiger partial charge >= 0.3 is 0 Å². The van der Waals surface area contributed by atoms with Gasteiger partial charge in [0.2, 0.25) is 0 Å². The molecule has 0 radical (unpaired) electrons. The molecule has 2 fully saturated rings. The van der Waals surface area contributed by atoms with E-state index in [0.29, 0.717) is 17.2 Å². The van der Waals surface area contributed by atoms with Crippen LogP contribution in [-0.2, 0) is 0 Å². The van der Waals surface area contributed by atoms with E-state index in [0.717, 1.165) is 28.0 Å². The van der Waals surface area contributed by atoms with Crippen LogP contribution in [0, 0.1) is 17.8 Å². The minimum atomic E-state index is 0.405. The van der Waals surface area contributed by atoms with Crippen LogP contribution in [0.3, 0.4) is 0 Å². The lowest BCUT2D eigenvalue weighted by Gasteiger charge is -2.51. The smallest absolute Gasteiger partial charge is 0.185 e. The highest BCUT2D eigenvalue weighted by Crippen LogP contribution is 2.55. The van der Waals surface area contributed by atoms with Crippen molar-refractivity contribution in [3.05, 3.63) is 60.8 Å². The van der Waals surface area contributed by atoms with E-state index in [4.69, 9.17) is 16.3 Å². The first-order chi connectivity index (χ1) is 16.1. The second-order valence-electron chi connectivity index (χ2n) is 9.24. The molecule has 7 heteroatoms. The van der Waals surface area contributed by atoms with Crippen LogP contribution in [0.15, 0.2) is 60.8 Å². The number of rotatable bonds is 5. The summed E-state index contributed by atoms with van der Waals surface area (Å²) in [6.45, 7) is 4.31. The van der Waals surface area contributed by atoms with Crippen LogP contribution in [0.1, 0.15) is 38.6 Å². The van der Waals surface area contributed by atoms with Crippen molar-refractivity contribution >= 4 is 19.0 Å². The standard InChI is InChI=1S/C26H28BN5O/c1-3-5-6-21(4-2)33-22-9-7-19(8-10-22)24-23-17-28-18-29-25(23)32(30-24)20-15-26(16-20)11-13-31(27)14-12-26/h1,4-10,17-18,20H,11-16,27H2,2H3/b6-5-,21-4+. The first-order valence-electron chi connectivity index (χ1n) is 11.5. The van der Waals surface area contributed by atoms with Crippen LogP contribution in [0.2, 0.25) is 0 Å². The Morgan fingerprint density at radius 2 is 2.00 bits per heavy atom. The Morgan fingerprint density at radius 3 is 2.70 bits per heavy atom. The van der Waals surface area contributed by atoms with Crippen molar-refractivity contribution in [2.45, 2.75) is 38.6 Å². The molecule has 0 unspecified atom stereocenters. The zero-order chi connectivity index (χ0) is 22.8. The zero-order valence-corrected chi connectivity index (χ0v) is 19.2. The highest BCUT2D eigenvalue weighted by Gasteiger charge is 2.47. The maximum Gasteiger partial charge on any atom is 0.185 e. The highest BCUT2D eigenvalue weighted by atomic mass is 16.5. The molecule has 6 nitrogen and oxygen atoms in total. The predicted octanol–water partition coefficient (Wildman–Crippen LogP) is 3.93. The zero-order valence-electron chi connectivity index (χ0n) is 19.2. The monoisotopic (exact) mass is 437 g/mol. The Morgan fingerprint density at radius 1 is 1.24 bits per heavy atom. The van der Waals surface area contributed by atoms with Gasteiger partial charge in [0.1, 0.15) is 23.5 Å². The normalized spacial score (nSPS) is 19.1. The molecule has 166 valence electrons. The molecular formula is C26H28BN5O. The number of fused-ring (bicyclic) bond motifs is 1. The molecule has 1 aromatic carbocycles. The molecule has 1 saturated carbocycles. The third kappa shape index (κ3) is 4.19. The van der Waals surface area contributed by atoms with Gasteiger partial charge in [0, 0.05) is 11.8 Å². The summed E-state index contributed by atoms with van der Waals surface area (Å²) in [5.41, 5.74) is 3.35. The van der Waals surface area contributed by atoms with Crippen LogP contribution in [0.5, 0.6) is 5.75 Å². The predicted molar refractivity (Wildman–Crippen MR) is 133 cm³/mol. The van der Waals surface area contributed by atoms with Crippen molar-refractivity contribution in [2.24, 2.45) is 5.41 Å². The molecule has 33 heavy (non-hydrogen) atoms. The fourth-order valence-corrected chi connectivity index (χ4v) is 5.10. The van der Waals surface area contributed by atoms with Crippen molar-refractivity contribution in [1.29, 1.82) is 0 Å². The summed E-state index contributed by atoms with van der Waals surface area (Å²) in [6.07, 6.45) is 19.0. The molecule has 0 bridgehead atoms. The quantitative estimate of drug-likeness (QED) is 0.262. The lowest BCUT2D eigenvalue weighted by atomic mass is 9.60. The number of hydrogen-bond donors (Lipinski definition) is 0. The number of nitrogens with zero attached hydrogens (tertiary/aromatic N) is 5. The number of allylic oxidation sites excluding steroid dienone is 3. The van der Waals surface area contributed by atoms with Crippen LogP contribution in [-0.4, -0.2) is 45.6 Å². The molecule has 3 heterocycles.